The normalized spacial score (nSPS) is 10.3. The molecule has 1 aromatic heterocycles. The Morgan fingerprint density at radius 2 is 2.21 bits per heavy atom. The molecule has 0 N–H and O–H groups in total. The summed E-state index contributed by atoms with van der Waals surface area (Å²) in [6.45, 7) is 0. The SMILES string of the molecule is N#Cc1c(CBr)ncc(F)c1C(F)F. The highest BCUT2D eigenvalue weighted by Crippen LogP contribution is 2.27. The van der Waals surface area contributed by atoms with E-state index in [2.05, 4.69) is 20.9 Å². The van der Waals surface area contributed by atoms with E-state index in [9.17, 15) is 13.2 Å². The van der Waals surface area contributed by atoms with Crippen LogP contribution in [0.5, 0.6) is 0 Å². The third kappa shape index (κ3) is 1.87. The lowest BCUT2D eigenvalue weighted by molar-refractivity contribution is 0.145. The second-order valence-electron chi connectivity index (χ2n) is 2.39. The summed E-state index contributed by atoms with van der Waals surface area (Å²) in [7, 11) is 0. The van der Waals surface area contributed by atoms with Crippen molar-refractivity contribution in [2.45, 2.75) is 11.8 Å². The Bertz CT molecular complexity index is 387. The fourth-order valence-corrected chi connectivity index (χ4v) is 1.41. The molecule has 2 nitrogen and oxygen atoms in total. The lowest BCUT2D eigenvalue weighted by Crippen LogP contribution is -2.02. The number of halogens is 4. The zero-order valence-electron chi connectivity index (χ0n) is 6.77. The van der Waals surface area contributed by atoms with Gasteiger partial charge in [0.25, 0.3) is 6.43 Å². The molecule has 0 amide bonds. The molecular weight excluding hydrogens is 261 g/mol. The quantitative estimate of drug-likeness (QED) is 0.771. The van der Waals surface area contributed by atoms with Crippen molar-refractivity contribution >= 4 is 15.9 Å². The monoisotopic (exact) mass is 264 g/mol. The highest BCUT2D eigenvalue weighted by Gasteiger charge is 2.21. The molecular formula is C8H4BrF3N2. The first-order chi connectivity index (χ1) is 6.61. The molecule has 74 valence electrons. The van der Waals surface area contributed by atoms with Gasteiger partial charge in [-0.05, 0) is 0 Å². The molecule has 0 saturated carbocycles. The lowest BCUT2D eigenvalue weighted by atomic mass is 10.1. The zero-order valence-corrected chi connectivity index (χ0v) is 8.35. The molecule has 0 spiro atoms. The predicted molar refractivity (Wildman–Crippen MR) is 46.5 cm³/mol. The minimum Gasteiger partial charge on any atom is -0.256 e. The molecule has 0 atom stereocenters. The number of rotatable bonds is 2. The number of nitrogens with zero attached hydrogens (tertiary/aromatic N) is 2. The van der Waals surface area contributed by atoms with Crippen LogP contribution in [0.4, 0.5) is 13.2 Å². The highest BCUT2D eigenvalue weighted by molar-refractivity contribution is 9.08. The van der Waals surface area contributed by atoms with Crippen molar-refractivity contribution in [3.8, 4) is 6.07 Å². The van der Waals surface area contributed by atoms with E-state index < -0.39 is 23.4 Å². The van der Waals surface area contributed by atoms with Crippen LogP contribution >= 0.6 is 15.9 Å². The molecule has 0 aliphatic carbocycles. The third-order valence-corrected chi connectivity index (χ3v) is 2.14. The topological polar surface area (TPSA) is 36.7 Å². The second-order valence-corrected chi connectivity index (χ2v) is 2.95. The van der Waals surface area contributed by atoms with Gasteiger partial charge in [-0.2, -0.15) is 5.26 Å². The van der Waals surface area contributed by atoms with Crippen LogP contribution in [-0.2, 0) is 5.33 Å². The van der Waals surface area contributed by atoms with E-state index in [0.717, 1.165) is 0 Å². The Hall–Kier alpha value is -1.09. The van der Waals surface area contributed by atoms with Gasteiger partial charge >= 0.3 is 0 Å². The molecule has 0 fully saturated rings. The van der Waals surface area contributed by atoms with Gasteiger partial charge in [0.15, 0.2) is 5.82 Å². The van der Waals surface area contributed by atoms with Gasteiger partial charge in [-0.3, -0.25) is 4.98 Å². The summed E-state index contributed by atoms with van der Waals surface area (Å²) >= 11 is 2.98. The summed E-state index contributed by atoms with van der Waals surface area (Å²) in [4.78, 5) is 3.53. The van der Waals surface area contributed by atoms with Crippen LogP contribution in [0.25, 0.3) is 0 Å². The van der Waals surface area contributed by atoms with Crippen molar-refractivity contribution in [1.29, 1.82) is 5.26 Å². The number of hydrogen-bond acceptors (Lipinski definition) is 2. The lowest BCUT2D eigenvalue weighted by Gasteiger charge is -2.06. The van der Waals surface area contributed by atoms with Crippen molar-refractivity contribution in [3.05, 3.63) is 28.8 Å². The molecule has 1 heterocycles. The van der Waals surface area contributed by atoms with Crippen molar-refractivity contribution < 1.29 is 13.2 Å². The van der Waals surface area contributed by atoms with Crippen molar-refractivity contribution in [3.63, 3.8) is 0 Å². The number of nitriles is 1. The van der Waals surface area contributed by atoms with Gasteiger partial charge in [0.2, 0.25) is 0 Å². The third-order valence-electron chi connectivity index (χ3n) is 1.61. The Kier molecular flexibility index (Phi) is 3.47. The maximum absolute atomic E-state index is 12.9. The van der Waals surface area contributed by atoms with Crippen LogP contribution < -0.4 is 0 Å². The van der Waals surface area contributed by atoms with Crippen LogP contribution in [0.1, 0.15) is 23.2 Å². The standard InChI is InChI=1S/C8H4BrF3N2/c9-1-6-4(2-13)7(8(11)12)5(10)3-14-6/h3,8H,1H2. The molecule has 0 aliphatic rings. The van der Waals surface area contributed by atoms with Crippen LogP contribution in [0.3, 0.4) is 0 Å². The molecule has 0 saturated heterocycles. The van der Waals surface area contributed by atoms with Crippen molar-refractivity contribution in [2.75, 3.05) is 0 Å². The predicted octanol–water partition coefficient (Wildman–Crippen LogP) is 2.92. The number of pyridine rings is 1. The van der Waals surface area contributed by atoms with Crippen LogP contribution in [0.15, 0.2) is 6.20 Å². The van der Waals surface area contributed by atoms with Crippen molar-refractivity contribution in [1.82, 2.24) is 4.98 Å². The molecule has 14 heavy (non-hydrogen) atoms. The van der Waals surface area contributed by atoms with E-state index in [1.807, 2.05) is 0 Å². The molecule has 0 aliphatic heterocycles. The summed E-state index contributed by atoms with van der Waals surface area (Å²) in [5.74, 6) is -1.15. The maximum atomic E-state index is 12.9. The van der Waals surface area contributed by atoms with Crippen LogP contribution in [-0.4, -0.2) is 4.98 Å². The fraction of sp³-hybridized carbons (Fsp3) is 0.250. The number of alkyl halides is 3. The largest absolute Gasteiger partial charge is 0.268 e. The molecule has 0 bridgehead atoms. The molecule has 1 aromatic rings. The summed E-state index contributed by atoms with van der Waals surface area (Å²) < 4.78 is 37.6. The average molecular weight is 265 g/mol. The summed E-state index contributed by atoms with van der Waals surface area (Å²) in [5.41, 5.74) is -1.15. The Morgan fingerprint density at radius 1 is 1.57 bits per heavy atom. The van der Waals surface area contributed by atoms with Gasteiger partial charge in [-0.15, -0.1) is 0 Å². The fourth-order valence-electron chi connectivity index (χ4n) is 0.983. The minimum absolute atomic E-state index is 0.115. The van der Waals surface area contributed by atoms with Gasteiger partial charge in [0.1, 0.15) is 6.07 Å². The smallest absolute Gasteiger partial charge is 0.256 e. The van der Waals surface area contributed by atoms with Gasteiger partial charge < -0.3 is 0 Å². The van der Waals surface area contributed by atoms with E-state index in [4.69, 9.17) is 5.26 Å². The molecule has 1 rings (SSSR count). The zero-order chi connectivity index (χ0) is 10.7. The van der Waals surface area contributed by atoms with E-state index in [1.54, 1.807) is 0 Å². The highest BCUT2D eigenvalue weighted by atomic mass is 79.9. The Morgan fingerprint density at radius 3 is 2.64 bits per heavy atom. The van der Waals surface area contributed by atoms with Crippen molar-refractivity contribution in [2.24, 2.45) is 0 Å². The van der Waals surface area contributed by atoms with E-state index in [0.29, 0.717) is 6.20 Å². The average Bonchev–Trinajstić information content (AvgIpc) is 2.16. The van der Waals surface area contributed by atoms with Gasteiger partial charge in [0.05, 0.1) is 23.0 Å². The first kappa shape index (κ1) is 11.0. The summed E-state index contributed by atoms with van der Waals surface area (Å²) in [5, 5.41) is 8.73. The summed E-state index contributed by atoms with van der Waals surface area (Å²) in [6.07, 6.45) is -2.32. The Balaban J connectivity index is 3.45. The van der Waals surface area contributed by atoms with E-state index in [-0.39, 0.29) is 11.0 Å². The second kappa shape index (κ2) is 4.42. The first-order valence-electron chi connectivity index (χ1n) is 3.53. The minimum atomic E-state index is -3.01. The number of aromatic nitrogens is 1. The Labute approximate surface area is 86.5 Å². The molecule has 0 radical (unpaired) electrons. The van der Waals surface area contributed by atoms with Gasteiger partial charge in [-0.1, -0.05) is 15.9 Å². The maximum Gasteiger partial charge on any atom is 0.268 e. The molecule has 6 heteroatoms. The number of hydrogen-bond donors (Lipinski definition) is 0. The van der Waals surface area contributed by atoms with Crippen LogP contribution in [0.2, 0.25) is 0 Å². The van der Waals surface area contributed by atoms with E-state index in [1.165, 1.54) is 6.07 Å². The molecule has 0 aromatic carbocycles. The molecule has 0 unspecified atom stereocenters. The van der Waals surface area contributed by atoms with Gasteiger partial charge in [-0.25, -0.2) is 13.2 Å². The van der Waals surface area contributed by atoms with Gasteiger partial charge in [0, 0.05) is 5.33 Å². The first-order valence-corrected chi connectivity index (χ1v) is 4.65. The summed E-state index contributed by atoms with van der Waals surface area (Å²) in [6, 6.07) is 1.52. The van der Waals surface area contributed by atoms with E-state index >= 15 is 0 Å². The van der Waals surface area contributed by atoms with Crippen LogP contribution in [0, 0.1) is 17.1 Å².